The fourth-order valence-electron chi connectivity index (χ4n) is 2.93. The highest BCUT2D eigenvalue weighted by atomic mass is 16.4. The number of nitrogens with zero attached hydrogens (tertiary/aromatic N) is 3. The van der Waals surface area contributed by atoms with Gasteiger partial charge in [-0.3, -0.25) is 4.79 Å². The molecule has 22 heavy (non-hydrogen) atoms. The standard InChI is InChI=1S/C15H18N4O3/c1-2-19-14-11(8-17-19)13(12(7-16-14)15(21)22)18-9-4-3-5-10(20)6-9/h7-9H,2-6H2,1H3,(H,16,18)(H,21,22)/t9-/m0/s1. The van der Waals surface area contributed by atoms with Crippen molar-refractivity contribution in [3.05, 3.63) is 18.0 Å². The van der Waals surface area contributed by atoms with Gasteiger partial charge in [0.15, 0.2) is 5.65 Å². The summed E-state index contributed by atoms with van der Waals surface area (Å²) in [6.07, 6.45) is 5.73. The predicted octanol–water partition coefficient (Wildman–Crippen LogP) is 2.07. The molecule has 0 bridgehead atoms. The summed E-state index contributed by atoms with van der Waals surface area (Å²) < 4.78 is 1.72. The molecule has 0 amide bonds. The summed E-state index contributed by atoms with van der Waals surface area (Å²) in [5, 5.41) is 17.6. The number of Topliss-reactive ketones (excluding diaryl/α,β-unsaturated/α-hetero) is 1. The number of pyridine rings is 1. The summed E-state index contributed by atoms with van der Waals surface area (Å²) in [6, 6.07) is -0.0325. The average Bonchev–Trinajstić information content (AvgIpc) is 2.90. The van der Waals surface area contributed by atoms with Gasteiger partial charge in [0.05, 0.1) is 17.3 Å². The van der Waals surface area contributed by atoms with Gasteiger partial charge < -0.3 is 10.4 Å². The Kier molecular flexibility index (Phi) is 3.79. The van der Waals surface area contributed by atoms with Crippen LogP contribution in [0.4, 0.5) is 5.69 Å². The largest absolute Gasteiger partial charge is 0.478 e. The van der Waals surface area contributed by atoms with Gasteiger partial charge in [0.25, 0.3) is 0 Å². The van der Waals surface area contributed by atoms with E-state index in [1.54, 1.807) is 10.9 Å². The summed E-state index contributed by atoms with van der Waals surface area (Å²) in [5.41, 5.74) is 1.27. The maximum atomic E-state index is 11.6. The van der Waals surface area contributed by atoms with E-state index in [-0.39, 0.29) is 17.4 Å². The minimum absolute atomic E-state index is 0.0325. The summed E-state index contributed by atoms with van der Waals surface area (Å²) in [7, 11) is 0. The number of carboxylic acid groups (broad SMARTS) is 1. The molecule has 1 fully saturated rings. The number of anilines is 1. The summed E-state index contributed by atoms with van der Waals surface area (Å²) >= 11 is 0. The van der Waals surface area contributed by atoms with Crippen LogP contribution in [0.5, 0.6) is 0 Å². The molecule has 1 atom stereocenters. The van der Waals surface area contributed by atoms with E-state index in [1.807, 2.05) is 6.92 Å². The molecule has 7 heteroatoms. The molecule has 0 saturated heterocycles. The van der Waals surface area contributed by atoms with Crippen LogP contribution in [0.25, 0.3) is 11.0 Å². The number of hydrogen-bond donors (Lipinski definition) is 2. The van der Waals surface area contributed by atoms with Gasteiger partial charge in [-0.1, -0.05) is 0 Å². The molecule has 3 rings (SSSR count). The third kappa shape index (κ3) is 2.54. The van der Waals surface area contributed by atoms with Gasteiger partial charge in [0, 0.05) is 31.6 Å². The van der Waals surface area contributed by atoms with E-state index in [4.69, 9.17) is 0 Å². The molecule has 2 heterocycles. The van der Waals surface area contributed by atoms with Crippen molar-refractivity contribution in [3.8, 4) is 0 Å². The molecule has 1 aliphatic rings. The molecule has 116 valence electrons. The lowest BCUT2D eigenvalue weighted by molar-refractivity contribution is -0.120. The first-order valence-corrected chi connectivity index (χ1v) is 7.46. The van der Waals surface area contributed by atoms with Gasteiger partial charge in [0.2, 0.25) is 0 Å². The van der Waals surface area contributed by atoms with E-state index in [0.717, 1.165) is 12.8 Å². The lowest BCUT2D eigenvalue weighted by Crippen LogP contribution is -2.28. The Bertz CT molecular complexity index is 738. The van der Waals surface area contributed by atoms with Crippen molar-refractivity contribution in [3.63, 3.8) is 0 Å². The number of aromatic carboxylic acids is 1. The van der Waals surface area contributed by atoms with Gasteiger partial charge in [0.1, 0.15) is 11.3 Å². The van der Waals surface area contributed by atoms with Crippen molar-refractivity contribution >= 4 is 28.5 Å². The number of ketones is 1. The van der Waals surface area contributed by atoms with Crippen LogP contribution in [0.15, 0.2) is 12.4 Å². The molecular weight excluding hydrogens is 284 g/mol. The smallest absolute Gasteiger partial charge is 0.339 e. The number of aryl methyl sites for hydroxylation is 1. The highest BCUT2D eigenvalue weighted by molar-refractivity contribution is 6.03. The molecule has 2 aromatic rings. The second-order valence-corrected chi connectivity index (χ2v) is 5.53. The molecule has 1 aliphatic carbocycles. The Labute approximate surface area is 127 Å². The van der Waals surface area contributed by atoms with Crippen LogP contribution in [0.1, 0.15) is 43.0 Å². The topological polar surface area (TPSA) is 97.1 Å². The third-order valence-electron chi connectivity index (χ3n) is 4.03. The second kappa shape index (κ2) is 5.75. The molecule has 2 N–H and O–H groups in total. The van der Waals surface area contributed by atoms with E-state index < -0.39 is 5.97 Å². The SMILES string of the molecule is CCn1ncc2c(N[C@H]3CCCC(=O)C3)c(C(=O)O)cnc21. The van der Waals surface area contributed by atoms with Gasteiger partial charge in [-0.25, -0.2) is 14.5 Å². The third-order valence-corrected chi connectivity index (χ3v) is 4.03. The van der Waals surface area contributed by atoms with Gasteiger partial charge in [-0.15, -0.1) is 0 Å². The predicted molar refractivity (Wildman–Crippen MR) is 81.0 cm³/mol. The number of carbonyl (C=O) groups is 2. The summed E-state index contributed by atoms with van der Waals surface area (Å²) in [6.45, 7) is 2.61. The highest BCUT2D eigenvalue weighted by Crippen LogP contribution is 2.29. The van der Waals surface area contributed by atoms with Crippen molar-refractivity contribution in [1.29, 1.82) is 0 Å². The van der Waals surface area contributed by atoms with Crippen molar-refractivity contribution < 1.29 is 14.7 Å². The quantitative estimate of drug-likeness (QED) is 0.897. The number of carbonyl (C=O) groups excluding carboxylic acids is 1. The zero-order valence-corrected chi connectivity index (χ0v) is 12.4. The van der Waals surface area contributed by atoms with Crippen LogP contribution in [0.3, 0.4) is 0 Å². The van der Waals surface area contributed by atoms with E-state index >= 15 is 0 Å². The van der Waals surface area contributed by atoms with Crippen LogP contribution in [-0.2, 0) is 11.3 Å². The lowest BCUT2D eigenvalue weighted by Gasteiger charge is -2.24. The Morgan fingerprint density at radius 3 is 3.00 bits per heavy atom. The summed E-state index contributed by atoms with van der Waals surface area (Å²) in [4.78, 5) is 27.3. The number of aromatic nitrogens is 3. The summed E-state index contributed by atoms with van der Waals surface area (Å²) in [5.74, 6) is -0.821. The molecular formula is C15H18N4O3. The number of fused-ring (bicyclic) bond motifs is 1. The van der Waals surface area contributed by atoms with Crippen LogP contribution < -0.4 is 5.32 Å². The Morgan fingerprint density at radius 1 is 1.50 bits per heavy atom. The normalized spacial score (nSPS) is 18.6. The van der Waals surface area contributed by atoms with Crippen molar-refractivity contribution in [2.75, 3.05) is 5.32 Å². The zero-order valence-electron chi connectivity index (χ0n) is 12.4. The number of carboxylic acids is 1. The van der Waals surface area contributed by atoms with E-state index in [1.165, 1.54) is 6.20 Å². The Balaban J connectivity index is 2.04. The van der Waals surface area contributed by atoms with Crippen LogP contribution in [0, 0.1) is 0 Å². The fraction of sp³-hybridized carbons (Fsp3) is 0.467. The Morgan fingerprint density at radius 2 is 2.32 bits per heavy atom. The van der Waals surface area contributed by atoms with Gasteiger partial charge >= 0.3 is 5.97 Å². The molecule has 0 spiro atoms. The molecule has 0 aliphatic heterocycles. The zero-order chi connectivity index (χ0) is 15.7. The maximum Gasteiger partial charge on any atom is 0.339 e. The number of hydrogen-bond acceptors (Lipinski definition) is 5. The van der Waals surface area contributed by atoms with E-state index in [0.29, 0.717) is 36.1 Å². The van der Waals surface area contributed by atoms with Gasteiger partial charge in [-0.2, -0.15) is 5.10 Å². The van der Waals surface area contributed by atoms with Crippen molar-refractivity contribution in [2.45, 2.75) is 45.2 Å². The molecule has 0 unspecified atom stereocenters. The molecule has 0 radical (unpaired) electrons. The van der Waals surface area contributed by atoms with Gasteiger partial charge in [-0.05, 0) is 19.8 Å². The monoisotopic (exact) mass is 302 g/mol. The number of rotatable bonds is 4. The first-order valence-electron chi connectivity index (χ1n) is 7.46. The highest BCUT2D eigenvalue weighted by Gasteiger charge is 2.23. The maximum absolute atomic E-state index is 11.6. The molecule has 7 nitrogen and oxygen atoms in total. The van der Waals surface area contributed by atoms with Crippen molar-refractivity contribution in [2.24, 2.45) is 0 Å². The second-order valence-electron chi connectivity index (χ2n) is 5.53. The van der Waals surface area contributed by atoms with Crippen LogP contribution in [0.2, 0.25) is 0 Å². The van der Waals surface area contributed by atoms with E-state index in [9.17, 15) is 14.7 Å². The minimum Gasteiger partial charge on any atom is -0.478 e. The first-order chi connectivity index (χ1) is 10.6. The fourth-order valence-corrected chi connectivity index (χ4v) is 2.93. The molecule has 2 aromatic heterocycles. The Hall–Kier alpha value is -2.44. The number of nitrogens with one attached hydrogen (secondary N) is 1. The van der Waals surface area contributed by atoms with Crippen molar-refractivity contribution in [1.82, 2.24) is 14.8 Å². The minimum atomic E-state index is -1.04. The average molecular weight is 302 g/mol. The first kappa shape index (κ1) is 14.5. The molecule has 1 saturated carbocycles. The van der Waals surface area contributed by atoms with E-state index in [2.05, 4.69) is 15.4 Å². The molecule has 0 aromatic carbocycles. The lowest BCUT2D eigenvalue weighted by atomic mass is 9.94. The van der Waals surface area contributed by atoms with Crippen LogP contribution in [-0.4, -0.2) is 37.7 Å². The van der Waals surface area contributed by atoms with Crippen LogP contribution >= 0.6 is 0 Å².